The Labute approximate surface area is 98.0 Å². The summed E-state index contributed by atoms with van der Waals surface area (Å²) >= 11 is 0. The van der Waals surface area contributed by atoms with Gasteiger partial charge in [-0.3, -0.25) is 9.69 Å². The molecule has 0 heterocycles. The highest BCUT2D eigenvalue weighted by atomic mass is 16.6. The third-order valence-electron chi connectivity index (χ3n) is 1.94. The predicted molar refractivity (Wildman–Crippen MR) is 60.1 cm³/mol. The second kappa shape index (κ2) is 5.74. The highest BCUT2D eigenvalue weighted by molar-refractivity contribution is 5.92. The third-order valence-corrected chi connectivity index (χ3v) is 1.94. The number of phenols is 1. The fourth-order valence-electron chi connectivity index (χ4n) is 1.23. The van der Waals surface area contributed by atoms with Crippen molar-refractivity contribution in [2.75, 3.05) is 18.1 Å². The first-order valence-electron chi connectivity index (χ1n) is 4.99. The molecule has 0 aliphatic heterocycles. The summed E-state index contributed by atoms with van der Waals surface area (Å²) in [5.74, 6) is -1.11. The van der Waals surface area contributed by atoms with Crippen LogP contribution in [-0.4, -0.2) is 35.4 Å². The summed E-state index contributed by atoms with van der Waals surface area (Å²) in [6, 6.07) is 5.61. The van der Waals surface area contributed by atoms with Gasteiger partial charge in [0.15, 0.2) is 0 Å². The standard InChI is InChI=1S/C11H13NO5/c1-2-17-11(16)12(7-10(14)15)8-3-5-9(13)6-4-8/h3-6,13H,2,7H2,1H3,(H,14,15). The Morgan fingerprint density at radius 2 is 1.88 bits per heavy atom. The molecule has 6 nitrogen and oxygen atoms in total. The van der Waals surface area contributed by atoms with Gasteiger partial charge in [0.1, 0.15) is 12.3 Å². The molecule has 0 aliphatic rings. The van der Waals surface area contributed by atoms with Crippen LogP contribution < -0.4 is 4.90 Å². The van der Waals surface area contributed by atoms with E-state index in [0.29, 0.717) is 5.69 Å². The molecular formula is C11H13NO5. The van der Waals surface area contributed by atoms with E-state index >= 15 is 0 Å². The van der Waals surface area contributed by atoms with Gasteiger partial charge in [-0.2, -0.15) is 0 Å². The van der Waals surface area contributed by atoms with Gasteiger partial charge in [0.2, 0.25) is 0 Å². The molecule has 0 fully saturated rings. The van der Waals surface area contributed by atoms with Gasteiger partial charge in [-0.15, -0.1) is 0 Å². The Bertz CT molecular complexity index is 401. The maximum absolute atomic E-state index is 11.5. The third kappa shape index (κ3) is 3.67. The van der Waals surface area contributed by atoms with Crippen LogP contribution in [0.1, 0.15) is 6.92 Å². The number of amides is 1. The molecule has 0 bridgehead atoms. The Balaban J connectivity index is 2.92. The minimum Gasteiger partial charge on any atom is -0.508 e. The van der Waals surface area contributed by atoms with E-state index < -0.39 is 18.6 Å². The molecule has 0 saturated carbocycles. The number of rotatable bonds is 4. The van der Waals surface area contributed by atoms with E-state index in [-0.39, 0.29) is 12.4 Å². The van der Waals surface area contributed by atoms with Crippen LogP contribution in [-0.2, 0) is 9.53 Å². The van der Waals surface area contributed by atoms with Crippen molar-refractivity contribution in [1.29, 1.82) is 0 Å². The molecule has 6 heteroatoms. The molecular weight excluding hydrogens is 226 g/mol. The number of benzene rings is 1. The molecule has 2 N–H and O–H groups in total. The van der Waals surface area contributed by atoms with Crippen LogP contribution in [0.15, 0.2) is 24.3 Å². The Kier molecular flexibility index (Phi) is 4.33. The number of carbonyl (C=O) groups is 2. The largest absolute Gasteiger partial charge is 0.508 e. The molecule has 0 atom stereocenters. The Morgan fingerprint density at radius 1 is 1.29 bits per heavy atom. The lowest BCUT2D eigenvalue weighted by Gasteiger charge is -2.19. The van der Waals surface area contributed by atoms with E-state index in [9.17, 15) is 9.59 Å². The molecule has 0 aromatic heterocycles. The molecule has 0 saturated heterocycles. The van der Waals surface area contributed by atoms with Crippen LogP contribution >= 0.6 is 0 Å². The maximum atomic E-state index is 11.5. The van der Waals surface area contributed by atoms with Crippen molar-refractivity contribution in [3.63, 3.8) is 0 Å². The molecule has 92 valence electrons. The van der Waals surface area contributed by atoms with Crippen molar-refractivity contribution in [1.82, 2.24) is 0 Å². The average molecular weight is 239 g/mol. The van der Waals surface area contributed by atoms with Gasteiger partial charge >= 0.3 is 12.1 Å². The average Bonchev–Trinajstić information content (AvgIpc) is 2.27. The minimum absolute atomic E-state index is 0.0351. The van der Waals surface area contributed by atoms with Crippen LogP contribution in [0.5, 0.6) is 5.75 Å². The van der Waals surface area contributed by atoms with E-state index in [1.807, 2.05) is 0 Å². The summed E-state index contributed by atoms with van der Waals surface area (Å²) in [6.07, 6.45) is -0.736. The summed E-state index contributed by atoms with van der Waals surface area (Å²) in [7, 11) is 0. The summed E-state index contributed by atoms with van der Waals surface area (Å²) < 4.78 is 4.75. The topological polar surface area (TPSA) is 87.1 Å². The molecule has 17 heavy (non-hydrogen) atoms. The second-order valence-corrected chi connectivity index (χ2v) is 3.20. The molecule has 0 aliphatic carbocycles. The van der Waals surface area contributed by atoms with Gasteiger partial charge in [-0.1, -0.05) is 0 Å². The van der Waals surface area contributed by atoms with Crippen molar-refractivity contribution in [3.8, 4) is 5.75 Å². The monoisotopic (exact) mass is 239 g/mol. The van der Waals surface area contributed by atoms with E-state index in [0.717, 1.165) is 4.90 Å². The van der Waals surface area contributed by atoms with Crippen LogP contribution in [0, 0.1) is 0 Å². The van der Waals surface area contributed by atoms with Crippen LogP contribution in [0.2, 0.25) is 0 Å². The molecule has 0 radical (unpaired) electrons. The number of hydrogen-bond acceptors (Lipinski definition) is 4. The lowest BCUT2D eigenvalue weighted by Crippen LogP contribution is -2.36. The highest BCUT2D eigenvalue weighted by Crippen LogP contribution is 2.19. The van der Waals surface area contributed by atoms with Crippen molar-refractivity contribution in [2.45, 2.75) is 6.92 Å². The van der Waals surface area contributed by atoms with Crippen LogP contribution in [0.25, 0.3) is 0 Å². The zero-order valence-corrected chi connectivity index (χ0v) is 9.29. The molecule has 1 aromatic rings. The van der Waals surface area contributed by atoms with Crippen LogP contribution in [0.3, 0.4) is 0 Å². The first-order valence-corrected chi connectivity index (χ1v) is 4.99. The number of carboxylic acid groups (broad SMARTS) is 1. The van der Waals surface area contributed by atoms with Crippen molar-refractivity contribution >= 4 is 17.7 Å². The number of anilines is 1. The number of nitrogens with zero attached hydrogens (tertiary/aromatic N) is 1. The van der Waals surface area contributed by atoms with E-state index in [2.05, 4.69) is 0 Å². The Morgan fingerprint density at radius 3 is 2.35 bits per heavy atom. The lowest BCUT2D eigenvalue weighted by molar-refractivity contribution is -0.135. The zero-order valence-electron chi connectivity index (χ0n) is 9.29. The van der Waals surface area contributed by atoms with E-state index in [4.69, 9.17) is 14.9 Å². The van der Waals surface area contributed by atoms with Crippen molar-refractivity contribution in [3.05, 3.63) is 24.3 Å². The molecule has 1 rings (SSSR count). The molecule has 0 unspecified atom stereocenters. The maximum Gasteiger partial charge on any atom is 0.414 e. The van der Waals surface area contributed by atoms with E-state index in [1.54, 1.807) is 6.92 Å². The summed E-state index contributed by atoms with van der Waals surface area (Å²) in [5, 5.41) is 17.8. The lowest BCUT2D eigenvalue weighted by atomic mass is 10.3. The number of phenolic OH excluding ortho intramolecular Hbond substituents is 1. The van der Waals surface area contributed by atoms with E-state index in [1.165, 1.54) is 24.3 Å². The quantitative estimate of drug-likeness (QED) is 0.830. The normalized spacial score (nSPS) is 9.71. The first-order chi connectivity index (χ1) is 8.04. The minimum atomic E-state index is -1.15. The molecule has 0 spiro atoms. The second-order valence-electron chi connectivity index (χ2n) is 3.20. The Hall–Kier alpha value is -2.24. The zero-order chi connectivity index (χ0) is 12.8. The fraction of sp³-hybridized carbons (Fsp3) is 0.273. The summed E-state index contributed by atoms with van der Waals surface area (Å²) in [6.45, 7) is 1.30. The SMILES string of the molecule is CCOC(=O)N(CC(=O)O)c1ccc(O)cc1. The van der Waals surface area contributed by atoms with Crippen LogP contribution in [0.4, 0.5) is 10.5 Å². The van der Waals surface area contributed by atoms with Crippen molar-refractivity contribution in [2.24, 2.45) is 0 Å². The predicted octanol–water partition coefficient (Wildman–Crippen LogP) is 1.44. The number of carbonyl (C=O) groups excluding carboxylic acids is 1. The number of hydrogen-bond donors (Lipinski definition) is 2. The first kappa shape index (κ1) is 12.8. The van der Waals surface area contributed by atoms with Gasteiger partial charge in [0.05, 0.1) is 6.61 Å². The highest BCUT2D eigenvalue weighted by Gasteiger charge is 2.19. The number of aromatic hydroxyl groups is 1. The van der Waals surface area contributed by atoms with Gasteiger partial charge in [-0.05, 0) is 31.2 Å². The number of carboxylic acids is 1. The molecule has 1 amide bonds. The number of ether oxygens (including phenoxy) is 1. The van der Waals surface area contributed by atoms with Gasteiger partial charge in [0, 0.05) is 5.69 Å². The number of aliphatic carboxylic acids is 1. The van der Waals surface area contributed by atoms with Gasteiger partial charge in [0.25, 0.3) is 0 Å². The van der Waals surface area contributed by atoms with Crippen molar-refractivity contribution < 1.29 is 24.5 Å². The van der Waals surface area contributed by atoms with Gasteiger partial charge < -0.3 is 14.9 Å². The smallest absolute Gasteiger partial charge is 0.414 e. The fourth-order valence-corrected chi connectivity index (χ4v) is 1.23. The van der Waals surface area contributed by atoms with Gasteiger partial charge in [-0.25, -0.2) is 4.79 Å². The molecule has 1 aromatic carbocycles. The summed E-state index contributed by atoms with van der Waals surface area (Å²) in [4.78, 5) is 23.2. The summed E-state index contributed by atoms with van der Waals surface area (Å²) in [5.41, 5.74) is 0.351.